The van der Waals surface area contributed by atoms with Gasteiger partial charge >= 0.3 is 15.2 Å². The van der Waals surface area contributed by atoms with E-state index < -0.39 is 15.2 Å². The summed E-state index contributed by atoms with van der Waals surface area (Å²) in [6, 6.07) is -0.432. The Morgan fingerprint density at radius 2 is 1.86 bits per heavy atom. The van der Waals surface area contributed by atoms with Gasteiger partial charge in [-0.1, -0.05) is 13.3 Å². The van der Waals surface area contributed by atoms with E-state index in [9.17, 15) is 4.79 Å². The van der Waals surface area contributed by atoms with Crippen molar-refractivity contribution in [2.75, 3.05) is 6.54 Å². The number of nitrogens with one attached hydrogen (secondary N) is 1. The second-order valence-corrected chi connectivity index (χ2v) is 2.49. The molecular formula is C6H16N2O5Si. The second-order valence-electron chi connectivity index (χ2n) is 1.93. The number of carbonyl (C=O) groups is 2. The maximum Gasteiger partial charge on any atom is 0.761 e. The smallest absolute Gasteiger partial charge is 0.511 e. The zero-order valence-electron chi connectivity index (χ0n) is 8.02. The molecule has 0 unspecified atom stereocenters. The van der Waals surface area contributed by atoms with Gasteiger partial charge in [0.15, 0.2) is 0 Å². The highest BCUT2D eigenvalue weighted by Crippen LogP contribution is 1.80. The Balaban J connectivity index is -0.000000170. The molecule has 0 aromatic carbocycles. The number of primary amides is 1. The molecule has 0 heterocycles. The van der Waals surface area contributed by atoms with E-state index in [2.05, 4.69) is 12.2 Å². The topological polar surface area (TPSA) is 130 Å². The Labute approximate surface area is 83.8 Å². The van der Waals surface area contributed by atoms with E-state index in [1.807, 2.05) is 6.79 Å². The number of rotatable bonds is 3. The van der Waals surface area contributed by atoms with Crippen molar-refractivity contribution in [3.8, 4) is 0 Å². The zero-order chi connectivity index (χ0) is 12.0. The minimum atomic E-state index is -3.13. The van der Waals surface area contributed by atoms with Crippen molar-refractivity contribution in [1.29, 1.82) is 0 Å². The van der Waals surface area contributed by atoms with E-state index in [-0.39, 0.29) is 0 Å². The van der Waals surface area contributed by atoms with E-state index in [0.717, 1.165) is 12.8 Å². The van der Waals surface area contributed by atoms with Crippen molar-refractivity contribution in [3.05, 3.63) is 0 Å². The van der Waals surface area contributed by atoms with Crippen LogP contribution in [-0.4, -0.2) is 38.1 Å². The van der Waals surface area contributed by atoms with Gasteiger partial charge in [-0.3, -0.25) is 4.46 Å². The summed E-state index contributed by atoms with van der Waals surface area (Å²) in [5.41, 5.74) is 4.78. The molecule has 84 valence electrons. The maximum absolute atomic E-state index is 9.99. The van der Waals surface area contributed by atoms with Crippen molar-refractivity contribution in [3.63, 3.8) is 0 Å². The van der Waals surface area contributed by atoms with E-state index in [0.29, 0.717) is 6.54 Å². The molecule has 0 aliphatic heterocycles. The average molecular weight is 224 g/mol. The summed E-state index contributed by atoms with van der Waals surface area (Å²) in [6.45, 7) is 4.76. The molecule has 0 radical (unpaired) electrons. The molecule has 0 rings (SSSR count). The van der Waals surface area contributed by atoms with Crippen LogP contribution in [0.1, 0.15) is 19.8 Å². The zero-order valence-corrected chi connectivity index (χ0v) is 9.02. The number of unbranched alkanes of at least 4 members (excludes halogenated alkanes) is 1. The van der Waals surface area contributed by atoms with Crippen molar-refractivity contribution >= 4 is 22.0 Å². The molecule has 7 nitrogen and oxygen atoms in total. The first-order chi connectivity index (χ1) is 6.50. The molecule has 14 heavy (non-hydrogen) atoms. The molecule has 0 fully saturated rings. The molecule has 0 atom stereocenters. The summed E-state index contributed by atoms with van der Waals surface area (Å²) in [5.74, 6) is 0. The number of hydrogen-bond acceptors (Lipinski definition) is 3. The van der Waals surface area contributed by atoms with Crippen LogP contribution in [0.5, 0.6) is 0 Å². The standard InChI is InChI=1S/C5H12N2O.CH2O.H2O3Si/c1-2-3-4-7-5(6)8;1-2;1-4(2)3/h2-4H2,1H3,(H3,6,7,8);1H2;1-2H. The van der Waals surface area contributed by atoms with Crippen LogP contribution >= 0.6 is 0 Å². The number of amides is 2. The lowest BCUT2D eigenvalue weighted by molar-refractivity contribution is -0.0980. The van der Waals surface area contributed by atoms with Crippen molar-refractivity contribution in [1.82, 2.24) is 5.32 Å². The van der Waals surface area contributed by atoms with Gasteiger partial charge in [0.2, 0.25) is 0 Å². The summed E-state index contributed by atoms with van der Waals surface area (Å²) < 4.78 is 8.74. The first-order valence-electron chi connectivity index (χ1n) is 3.74. The molecule has 0 aliphatic rings. The molecule has 0 spiro atoms. The Morgan fingerprint density at radius 1 is 1.50 bits per heavy atom. The van der Waals surface area contributed by atoms with Gasteiger partial charge in [0.05, 0.1) is 0 Å². The molecular weight excluding hydrogens is 208 g/mol. The molecule has 8 heteroatoms. The van der Waals surface area contributed by atoms with Gasteiger partial charge in [-0.25, -0.2) is 4.79 Å². The van der Waals surface area contributed by atoms with Gasteiger partial charge in [0, 0.05) is 6.54 Å². The number of nitrogens with two attached hydrogens (primary N) is 1. The first-order valence-corrected chi connectivity index (χ1v) is 5.05. The van der Waals surface area contributed by atoms with E-state index in [1.54, 1.807) is 0 Å². The lowest BCUT2D eigenvalue weighted by atomic mass is 10.3. The number of hydrogen-bond donors (Lipinski definition) is 4. The summed E-state index contributed by atoms with van der Waals surface area (Å²) >= 11 is 0. The molecule has 0 saturated heterocycles. The molecule has 0 saturated carbocycles. The van der Waals surface area contributed by atoms with Gasteiger partial charge in [-0.15, -0.1) is 0 Å². The van der Waals surface area contributed by atoms with Crippen LogP contribution in [-0.2, 0) is 9.26 Å². The van der Waals surface area contributed by atoms with Crippen LogP contribution in [0, 0.1) is 0 Å². The highest BCUT2D eigenvalue weighted by molar-refractivity contribution is 6.22. The highest BCUT2D eigenvalue weighted by Gasteiger charge is 1.86. The van der Waals surface area contributed by atoms with Crippen LogP contribution in [0.4, 0.5) is 4.79 Å². The third kappa shape index (κ3) is 76.2. The third-order valence-corrected chi connectivity index (χ3v) is 0.830. The predicted molar refractivity (Wildman–Crippen MR) is 50.5 cm³/mol. The molecule has 0 bridgehead atoms. The van der Waals surface area contributed by atoms with Gasteiger partial charge in [-0.2, -0.15) is 0 Å². The number of carbonyl (C=O) groups excluding carboxylic acids is 2. The van der Waals surface area contributed by atoms with Crippen LogP contribution in [0.2, 0.25) is 0 Å². The fourth-order valence-corrected chi connectivity index (χ4v) is 0.388. The van der Waals surface area contributed by atoms with E-state index in [4.69, 9.17) is 24.6 Å². The van der Waals surface area contributed by atoms with Gasteiger partial charge in [0.1, 0.15) is 6.79 Å². The monoisotopic (exact) mass is 224 g/mol. The maximum atomic E-state index is 9.99. The highest BCUT2D eigenvalue weighted by atomic mass is 28.3. The minimum Gasteiger partial charge on any atom is -0.511 e. The van der Waals surface area contributed by atoms with Gasteiger partial charge in [0.25, 0.3) is 0 Å². The first kappa shape index (κ1) is 18.4. The van der Waals surface area contributed by atoms with Crippen LogP contribution in [0.3, 0.4) is 0 Å². The predicted octanol–water partition coefficient (Wildman–Crippen LogP) is -1.34. The molecule has 0 aliphatic carbocycles. The Morgan fingerprint density at radius 3 is 2.07 bits per heavy atom. The molecule has 5 N–H and O–H groups in total. The fourth-order valence-electron chi connectivity index (χ4n) is 0.388. The normalized spacial score (nSPS) is 6.93. The fraction of sp³-hybridized carbons (Fsp3) is 0.667. The summed E-state index contributed by atoms with van der Waals surface area (Å²) in [4.78, 5) is 32.3. The van der Waals surface area contributed by atoms with Crippen LogP contribution in [0.25, 0.3) is 0 Å². The Bertz CT molecular complexity index is 151. The SMILES string of the molecule is C=O.CCCCNC(N)=O.O=[Si](O)O. The second kappa shape index (κ2) is 17.6. The van der Waals surface area contributed by atoms with Crippen molar-refractivity contribution in [2.45, 2.75) is 19.8 Å². The minimum absolute atomic E-state index is 0.432. The van der Waals surface area contributed by atoms with Crippen molar-refractivity contribution < 1.29 is 23.6 Å². The molecule has 0 aromatic rings. The average Bonchev–Trinajstić information content (AvgIpc) is 2.07. The molecule has 0 aromatic heterocycles. The lowest BCUT2D eigenvalue weighted by Crippen LogP contribution is -2.29. The number of urea groups is 1. The third-order valence-electron chi connectivity index (χ3n) is 0.830. The Kier molecular flexibility index (Phi) is 23.1. The summed E-state index contributed by atoms with van der Waals surface area (Å²) in [5, 5.41) is 2.49. The van der Waals surface area contributed by atoms with E-state index >= 15 is 0 Å². The van der Waals surface area contributed by atoms with Gasteiger partial charge in [-0.05, 0) is 6.42 Å². The Hall–Kier alpha value is -1.44. The molecule has 2 amide bonds. The lowest BCUT2D eigenvalue weighted by Gasteiger charge is -1.96. The van der Waals surface area contributed by atoms with Crippen molar-refractivity contribution in [2.24, 2.45) is 5.73 Å². The quantitative estimate of drug-likeness (QED) is 0.348. The van der Waals surface area contributed by atoms with Crippen LogP contribution < -0.4 is 11.1 Å². The largest absolute Gasteiger partial charge is 0.761 e. The van der Waals surface area contributed by atoms with E-state index in [1.165, 1.54) is 0 Å². The summed E-state index contributed by atoms with van der Waals surface area (Å²) in [7, 11) is -3.13. The van der Waals surface area contributed by atoms with Gasteiger partial charge < -0.3 is 25.4 Å². The summed E-state index contributed by atoms with van der Waals surface area (Å²) in [6.07, 6.45) is 2.09. The van der Waals surface area contributed by atoms with Crippen LogP contribution in [0.15, 0.2) is 0 Å².